The highest BCUT2D eigenvalue weighted by molar-refractivity contribution is 5.82. The summed E-state index contributed by atoms with van der Waals surface area (Å²) in [7, 11) is 0. The normalized spacial score (nSPS) is 19.0. The van der Waals surface area contributed by atoms with Gasteiger partial charge in [-0.15, -0.1) is 0 Å². The molecule has 3 heteroatoms. The van der Waals surface area contributed by atoms with Crippen molar-refractivity contribution in [3.63, 3.8) is 0 Å². The van der Waals surface area contributed by atoms with Gasteiger partial charge in [0.2, 0.25) is 5.91 Å². The Balaban J connectivity index is 2.17. The lowest BCUT2D eigenvalue weighted by Gasteiger charge is -2.40. The Morgan fingerprint density at radius 3 is 2.48 bits per heavy atom. The van der Waals surface area contributed by atoms with Crippen LogP contribution in [0.4, 0.5) is 0 Å². The minimum absolute atomic E-state index is 0.205. The van der Waals surface area contributed by atoms with Crippen molar-refractivity contribution in [2.45, 2.75) is 52.6 Å². The Labute approximate surface area is 128 Å². The number of rotatable bonds is 5. The van der Waals surface area contributed by atoms with E-state index < -0.39 is 0 Å². The van der Waals surface area contributed by atoms with E-state index in [4.69, 9.17) is 0 Å². The van der Waals surface area contributed by atoms with E-state index in [2.05, 4.69) is 43.1 Å². The first kappa shape index (κ1) is 16.0. The third-order valence-electron chi connectivity index (χ3n) is 4.80. The zero-order chi connectivity index (χ0) is 15.3. The van der Waals surface area contributed by atoms with Gasteiger partial charge in [-0.3, -0.25) is 4.79 Å². The fourth-order valence-electron chi connectivity index (χ4n) is 2.97. The quantitative estimate of drug-likeness (QED) is 0.902. The van der Waals surface area contributed by atoms with Crippen molar-refractivity contribution in [3.8, 4) is 0 Å². The molecule has 3 nitrogen and oxygen atoms in total. The first-order chi connectivity index (χ1) is 10.1. The zero-order valence-corrected chi connectivity index (χ0v) is 13.6. The molecule has 1 fully saturated rings. The molecule has 0 aliphatic carbocycles. The third-order valence-corrected chi connectivity index (χ3v) is 4.80. The summed E-state index contributed by atoms with van der Waals surface area (Å²) in [5, 5.41) is 3.36. The number of carbonyl (C=O) groups is 1. The number of nitrogens with zero attached hydrogens (tertiary/aromatic N) is 1. The minimum Gasteiger partial charge on any atom is -0.335 e. The molecule has 1 saturated heterocycles. The second-order valence-corrected chi connectivity index (χ2v) is 6.49. The number of piperidine rings is 1. The molecule has 0 spiro atoms. The highest BCUT2D eigenvalue weighted by Crippen LogP contribution is 2.32. The van der Waals surface area contributed by atoms with Gasteiger partial charge in [0.1, 0.15) is 0 Å². The van der Waals surface area contributed by atoms with Gasteiger partial charge in [0.05, 0.1) is 0 Å². The SMILES string of the molecule is CCC(C)N(Cc1ccccc1)C(=O)C1(C)CCNCC1. The Hall–Kier alpha value is -1.35. The van der Waals surface area contributed by atoms with Gasteiger partial charge in [-0.2, -0.15) is 0 Å². The molecule has 1 amide bonds. The monoisotopic (exact) mass is 288 g/mol. The van der Waals surface area contributed by atoms with Crippen molar-refractivity contribution in [3.05, 3.63) is 35.9 Å². The molecule has 1 heterocycles. The fraction of sp³-hybridized carbons (Fsp3) is 0.611. The summed E-state index contributed by atoms with van der Waals surface area (Å²) in [5.41, 5.74) is 1.01. The van der Waals surface area contributed by atoms with E-state index >= 15 is 0 Å². The molecule has 1 unspecified atom stereocenters. The zero-order valence-electron chi connectivity index (χ0n) is 13.6. The Bertz CT molecular complexity index is 452. The van der Waals surface area contributed by atoms with Gasteiger partial charge in [-0.25, -0.2) is 0 Å². The molecular formula is C18H28N2O. The summed E-state index contributed by atoms with van der Waals surface area (Å²) in [6, 6.07) is 10.6. The largest absolute Gasteiger partial charge is 0.335 e. The van der Waals surface area contributed by atoms with Crippen LogP contribution in [0.15, 0.2) is 30.3 Å². The van der Waals surface area contributed by atoms with Gasteiger partial charge in [0, 0.05) is 18.0 Å². The molecule has 116 valence electrons. The van der Waals surface area contributed by atoms with Gasteiger partial charge in [0.15, 0.2) is 0 Å². The molecule has 1 aliphatic heterocycles. The highest BCUT2D eigenvalue weighted by atomic mass is 16.2. The maximum Gasteiger partial charge on any atom is 0.229 e. The van der Waals surface area contributed by atoms with Crippen LogP contribution < -0.4 is 5.32 Å². The third kappa shape index (κ3) is 3.85. The molecule has 2 rings (SSSR count). The molecule has 1 atom stereocenters. The van der Waals surface area contributed by atoms with Gasteiger partial charge in [0.25, 0.3) is 0 Å². The number of amides is 1. The van der Waals surface area contributed by atoms with Crippen LogP contribution in [0, 0.1) is 5.41 Å². The molecule has 21 heavy (non-hydrogen) atoms. The molecule has 1 aromatic rings. The molecule has 1 N–H and O–H groups in total. The average Bonchev–Trinajstić information content (AvgIpc) is 2.53. The predicted molar refractivity (Wildman–Crippen MR) is 87.0 cm³/mol. The summed E-state index contributed by atoms with van der Waals surface area (Å²) >= 11 is 0. The fourth-order valence-corrected chi connectivity index (χ4v) is 2.97. The molecule has 1 aromatic carbocycles. The number of benzene rings is 1. The van der Waals surface area contributed by atoms with Crippen molar-refractivity contribution in [1.82, 2.24) is 10.2 Å². The lowest BCUT2D eigenvalue weighted by molar-refractivity contribution is -0.145. The summed E-state index contributed by atoms with van der Waals surface area (Å²) in [5.74, 6) is 0.321. The van der Waals surface area contributed by atoms with E-state index in [1.54, 1.807) is 0 Å². The summed E-state index contributed by atoms with van der Waals surface area (Å²) in [6.07, 6.45) is 2.87. The minimum atomic E-state index is -0.205. The Morgan fingerprint density at radius 2 is 1.90 bits per heavy atom. The van der Waals surface area contributed by atoms with Crippen LogP contribution in [0.5, 0.6) is 0 Å². The maximum absolute atomic E-state index is 13.1. The van der Waals surface area contributed by atoms with Gasteiger partial charge in [-0.1, -0.05) is 44.2 Å². The van der Waals surface area contributed by atoms with Crippen molar-refractivity contribution in [1.29, 1.82) is 0 Å². The number of carbonyl (C=O) groups excluding carboxylic acids is 1. The number of hydrogen-bond acceptors (Lipinski definition) is 2. The number of hydrogen-bond donors (Lipinski definition) is 1. The van der Waals surface area contributed by atoms with E-state index in [1.807, 2.05) is 18.2 Å². The second-order valence-electron chi connectivity index (χ2n) is 6.49. The summed E-state index contributed by atoms with van der Waals surface area (Å²) < 4.78 is 0. The first-order valence-electron chi connectivity index (χ1n) is 8.12. The summed E-state index contributed by atoms with van der Waals surface area (Å²) in [6.45, 7) is 9.06. The molecule has 0 saturated carbocycles. The Kier molecular flexibility index (Phi) is 5.40. The van der Waals surface area contributed by atoms with E-state index in [1.165, 1.54) is 5.56 Å². The van der Waals surface area contributed by atoms with Crippen LogP contribution in [0.25, 0.3) is 0 Å². The van der Waals surface area contributed by atoms with Crippen LogP contribution in [0.3, 0.4) is 0 Å². The Morgan fingerprint density at radius 1 is 1.29 bits per heavy atom. The highest BCUT2D eigenvalue weighted by Gasteiger charge is 2.38. The standard InChI is InChI=1S/C18H28N2O/c1-4-15(2)20(14-16-8-6-5-7-9-16)17(21)18(3)10-12-19-13-11-18/h5-9,15,19H,4,10-14H2,1-3H3. The van der Waals surface area contributed by atoms with E-state index in [-0.39, 0.29) is 11.5 Å². The van der Waals surface area contributed by atoms with Crippen molar-refractivity contribution < 1.29 is 4.79 Å². The molecule has 0 radical (unpaired) electrons. The van der Waals surface area contributed by atoms with E-state index in [0.717, 1.165) is 38.9 Å². The summed E-state index contributed by atoms with van der Waals surface area (Å²) in [4.78, 5) is 15.2. The smallest absolute Gasteiger partial charge is 0.229 e. The van der Waals surface area contributed by atoms with Crippen molar-refractivity contribution in [2.75, 3.05) is 13.1 Å². The lowest BCUT2D eigenvalue weighted by Crippen LogP contribution is -2.50. The van der Waals surface area contributed by atoms with Crippen LogP contribution in [-0.2, 0) is 11.3 Å². The first-order valence-corrected chi connectivity index (χ1v) is 8.12. The average molecular weight is 288 g/mol. The van der Waals surface area contributed by atoms with Crippen molar-refractivity contribution >= 4 is 5.91 Å². The molecule has 0 bridgehead atoms. The van der Waals surface area contributed by atoms with Crippen LogP contribution in [0.2, 0.25) is 0 Å². The van der Waals surface area contributed by atoms with Crippen LogP contribution >= 0.6 is 0 Å². The second kappa shape index (κ2) is 7.08. The molecule has 0 aromatic heterocycles. The van der Waals surface area contributed by atoms with Gasteiger partial charge < -0.3 is 10.2 Å². The van der Waals surface area contributed by atoms with Gasteiger partial charge in [-0.05, 0) is 44.8 Å². The van der Waals surface area contributed by atoms with Gasteiger partial charge >= 0.3 is 0 Å². The van der Waals surface area contributed by atoms with E-state index in [9.17, 15) is 4.79 Å². The number of nitrogens with one attached hydrogen (secondary N) is 1. The van der Waals surface area contributed by atoms with Crippen LogP contribution in [0.1, 0.15) is 45.6 Å². The molecule has 1 aliphatic rings. The van der Waals surface area contributed by atoms with Crippen molar-refractivity contribution in [2.24, 2.45) is 5.41 Å². The van der Waals surface area contributed by atoms with E-state index in [0.29, 0.717) is 5.91 Å². The lowest BCUT2D eigenvalue weighted by atomic mass is 9.79. The maximum atomic E-state index is 13.1. The molecular weight excluding hydrogens is 260 g/mol. The predicted octanol–water partition coefficient (Wildman–Crippen LogP) is 3.20. The topological polar surface area (TPSA) is 32.3 Å². The van der Waals surface area contributed by atoms with Crippen LogP contribution in [-0.4, -0.2) is 29.9 Å².